The average molecular weight is 598 g/mol. The molecule has 0 aromatic heterocycles. The fourth-order valence-corrected chi connectivity index (χ4v) is 10.7. The van der Waals surface area contributed by atoms with Crippen molar-refractivity contribution in [3.8, 4) is 0 Å². The van der Waals surface area contributed by atoms with Crippen LogP contribution >= 0.6 is 0 Å². The topological polar surface area (TPSA) is 89.8 Å². The van der Waals surface area contributed by atoms with E-state index in [1.54, 1.807) is 0 Å². The summed E-state index contributed by atoms with van der Waals surface area (Å²) in [5, 5.41) is 36.9. The molecule has 11 atom stereocenters. The second kappa shape index (κ2) is 13.1. The molecule has 4 unspecified atom stereocenters. The largest absolute Gasteiger partial charge is 0.393 e. The third-order valence-electron chi connectivity index (χ3n) is 13.5. The van der Waals surface area contributed by atoms with Gasteiger partial charge in [0.2, 0.25) is 5.91 Å². The Morgan fingerprint density at radius 3 is 2.49 bits per heavy atom. The summed E-state index contributed by atoms with van der Waals surface area (Å²) >= 11 is 0. The minimum absolute atomic E-state index is 0.100. The van der Waals surface area contributed by atoms with Crippen molar-refractivity contribution in [1.29, 1.82) is 0 Å². The number of fused-ring (bicyclic) bond motifs is 5. The van der Waals surface area contributed by atoms with Crippen LogP contribution in [0.1, 0.15) is 90.5 Å². The quantitative estimate of drug-likeness (QED) is 0.209. The van der Waals surface area contributed by atoms with E-state index in [4.69, 9.17) is 0 Å². The molecule has 0 bridgehead atoms. The zero-order valence-corrected chi connectivity index (χ0v) is 27.7. The molecule has 1 aromatic rings. The number of rotatable bonds is 11. The first-order chi connectivity index (χ1) is 20.3. The maximum Gasteiger partial charge on any atom is 0.220 e. The van der Waals surface area contributed by atoms with Crippen LogP contribution in [0.25, 0.3) is 0 Å². The Bertz CT molecular complexity index is 1080. The molecular weight excluding hydrogens is 536 g/mol. The van der Waals surface area contributed by atoms with Gasteiger partial charge in [-0.25, -0.2) is 0 Å². The Balaban J connectivity index is 1.10. The van der Waals surface area contributed by atoms with Gasteiger partial charge >= 0.3 is 0 Å². The van der Waals surface area contributed by atoms with Crippen molar-refractivity contribution in [2.75, 3.05) is 33.7 Å². The van der Waals surface area contributed by atoms with Crippen molar-refractivity contribution < 1.29 is 24.6 Å². The summed E-state index contributed by atoms with van der Waals surface area (Å²) in [7, 11) is 4.54. The molecule has 0 radical (unpaired) electrons. The molecule has 43 heavy (non-hydrogen) atoms. The van der Waals surface area contributed by atoms with Gasteiger partial charge in [-0.3, -0.25) is 4.79 Å². The van der Waals surface area contributed by atoms with Crippen molar-refractivity contribution in [3.63, 3.8) is 0 Å². The SMILES string of the molecule is C[C@H](CCC(=O)NCCC[N+](C)(C)CCc1ccccc1)[C@H]1CCC2C3C(C[C@H](O)[C@@]21C)[C@@]1(C)CC[C@@H](O)CC1C[C@H]3O. The maximum atomic E-state index is 12.8. The van der Waals surface area contributed by atoms with Crippen molar-refractivity contribution in [1.82, 2.24) is 5.32 Å². The van der Waals surface area contributed by atoms with E-state index in [2.05, 4.69) is 70.5 Å². The maximum absolute atomic E-state index is 12.8. The zero-order valence-electron chi connectivity index (χ0n) is 27.7. The van der Waals surface area contributed by atoms with Crippen LogP contribution in [0.2, 0.25) is 0 Å². The molecule has 0 heterocycles. The summed E-state index contributed by atoms with van der Waals surface area (Å²) in [5.41, 5.74) is 1.27. The third kappa shape index (κ3) is 6.73. The average Bonchev–Trinajstić information content (AvgIpc) is 3.33. The van der Waals surface area contributed by atoms with Gasteiger partial charge in [0.1, 0.15) is 0 Å². The first-order valence-corrected chi connectivity index (χ1v) is 17.5. The minimum Gasteiger partial charge on any atom is -0.393 e. The summed E-state index contributed by atoms with van der Waals surface area (Å²) in [6.07, 6.45) is 8.80. The number of hydrogen-bond donors (Lipinski definition) is 4. The molecule has 4 fully saturated rings. The number of quaternary nitrogens is 1. The predicted octanol–water partition coefficient (Wildman–Crippen LogP) is 5.19. The molecule has 5 rings (SSSR count). The Morgan fingerprint density at radius 2 is 1.74 bits per heavy atom. The van der Waals surface area contributed by atoms with Gasteiger partial charge in [-0.1, -0.05) is 51.1 Å². The predicted molar refractivity (Wildman–Crippen MR) is 172 cm³/mol. The number of likely N-dealkylation sites (N-methyl/N-ethyl adjacent to an activating group) is 1. The number of amides is 1. The molecule has 4 aliphatic rings. The number of nitrogens with one attached hydrogen (secondary N) is 1. The van der Waals surface area contributed by atoms with E-state index in [1.807, 2.05) is 0 Å². The van der Waals surface area contributed by atoms with Gasteiger partial charge in [0.25, 0.3) is 0 Å². The Hall–Kier alpha value is -1.47. The Labute approximate surface area is 261 Å². The van der Waals surface area contributed by atoms with Crippen LogP contribution in [-0.4, -0.2) is 77.8 Å². The second-order valence-corrected chi connectivity index (χ2v) is 16.4. The molecule has 1 amide bonds. The van der Waals surface area contributed by atoms with Gasteiger partial charge in [0.05, 0.1) is 45.5 Å². The normalized spacial score (nSPS) is 39.8. The smallest absolute Gasteiger partial charge is 0.220 e. The van der Waals surface area contributed by atoms with Crippen LogP contribution < -0.4 is 5.32 Å². The lowest BCUT2D eigenvalue weighted by Gasteiger charge is -2.63. The molecule has 0 spiro atoms. The van der Waals surface area contributed by atoms with E-state index < -0.39 is 0 Å². The minimum atomic E-state index is -0.375. The van der Waals surface area contributed by atoms with E-state index in [0.29, 0.717) is 36.0 Å². The summed E-state index contributed by atoms with van der Waals surface area (Å²) in [6, 6.07) is 10.6. The fourth-order valence-electron chi connectivity index (χ4n) is 10.7. The Morgan fingerprint density at radius 1 is 1.00 bits per heavy atom. The number of carbonyl (C=O) groups is 1. The van der Waals surface area contributed by atoms with Crippen LogP contribution in [0.4, 0.5) is 0 Å². The van der Waals surface area contributed by atoms with Crippen LogP contribution in [0.5, 0.6) is 0 Å². The zero-order chi connectivity index (χ0) is 31.0. The first kappa shape index (κ1) is 32.9. The molecule has 6 nitrogen and oxygen atoms in total. The van der Waals surface area contributed by atoms with Crippen LogP contribution in [-0.2, 0) is 11.2 Å². The van der Waals surface area contributed by atoms with Gasteiger partial charge in [-0.15, -0.1) is 0 Å². The molecule has 0 aliphatic heterocycles. The number of carbonyl (C=O) groups excluding carboxylic acids is 1. The lowest BCUT2D eigenvalue weighted by Crippen LogP contribution is -2.62. The highest BCUT2D eigenvalue weighted by atomic mass is 16.3. The molecule has 4 saturated carbocycles. The Kier molecular flexibility index (Phi) is 10.0. The first-order valence-electron chi connectivity index (χ1n) is 17.5. The number of benzene rings is 1. The highest BCUT2D eigenvalue weighted by Gasteiger charge is 2.65. The number of aliphatic hydroxyl groups excluding tert-OH is 3. The number of aliphatic hydroxyl groups is 3. The van der Waals surface area contributed by atoms with E-state index in [0.717, 1.165) is 88.3 Å². The highest BCUT2D eigenvalue weighted by Crippen LogP contribution is 2.68. The van der Waals surface area contributed by atoms with Crippen molar-refractivity contribution in [2.24, 2.45) is 46.3 Å². The summed E-state index contributed by atoms with van der Waals surface area (Å²) in [6.45, 7) is 9.83. The highest BCUT2D eigenvalue weighted by molar-refractivity contribution is 5.75. The molecule has 1 aromatic carbocycles. The lowest BCUT2D eigenvalue weighted by molar-refractivity contribution is -0.890. The van der Waals surface area contributed by atoms with E-state index >= 15 is 0 Å². The molecule has 4 aliphatic carbocycles. The van der Waals surface area contributed by atoms with Crippen LogP contribution in [0.3, 0.4) is 0 Å². The summed E-state index contributed by atoms with van der Waals surface area (Å²) in [4.78, 5) is 12.8. The van der Waals surface area contributed by atoms with Gasteiger partial charge in [-0.2, -0.15) is 0 Å². The summed E-state index contributed by atoms with van der Waals surface area (Å²) < 4.78 is 0.948. The van der Waals surface area contributed by atoms with E-state index in [-0.39, 0.29) is 41.0 Å². The fraction of sp³-hybridized carbons (Fsp3) is 0.811. The number of nitrogens with zero attached hydrogens (tertiary/aromatic N) is 1. The van der Waals surface area contributed by atoms with Crippen molar-refractivity contribution in [2.45, 2.75) is 110 Å². The molecule has 4 N–H and O–H groups in total. The standard InChI is InChI=1S/C37H60N2O4/c1-25(12-15-34(43)38-19-9-20-39(4,5)21-17-26-10-7-6-8-11-26)29-13-14-30-35-31(24-33(42)37(29,30)3)36(2)18-16-28(40)22-27(36)23-32(35)41/h6-8,10-11,25,27-33,35,40-42H,9,12-24H2,1-5H3/p+1/t25-,27?,28-,29-,30?,31?,32-,33+,35?,36+,37-/m1/s1. The van der Waals surface area contributed by atoms with Crippen LogP contribution in [0.15, 0.2) is 30.3 Å². The number of hydrogen-bond acceptors (Lipinski definition) is 4. The second-order valence-electron chi connectivity index (χ2n) is 16.4. The molecule has 242 valence electrons. The van der Waals surface area contributed by atoms with Gasteiger partial charge in [0, 0.05) is 25.8 Å². The molecule has 0 saturated heterocycles. The molecule has 6 heteroatoms. The van der Waals surface area contributed by atoms with Crippen molar-refractivity contribution in [3.05, 3.63) is 35.9 Å². The van der Waals surface area contributed by atoms with Gasteiger partial charge < -0.3 is 25.1 Å². The van der Waals surface area contributed by atoms with Crippen molar-refractivity contribution >= 4 is 5.91 Å². The van der Waals surface area contributed by atoms with E-state index in [1.165, 1.54) is 5.56 Å². The van der Waals surface area contributed by atoms with Gasteiger partial charge in [-0.05, 0) is 103 Å². The molecular formula is C37H61N2O4+. The summed E-state index contributed by atoms with van der Waals surface area (Å²) in [5.74, 6) is 2.10. The van der Waals surface area contributed by atoms with E-state index in [9.17, 15) is 20.1 Å². The van der Waals surface area contributed by atoms with Crippen LogP contribution in [0, 0.1) is 46.3 Å². The third-order valence-corrected chi connectivity index (χ3v) is 13.5. The van der Waals surface area contributed by atoms with Gasteiger partial charge in [0.15, 0.2) is 0 Å². The monoisotopic (exact) mass is 597 g/mol. The lowest BCUT2D eigenvalue weighted by atomic mass is 9.43.